The summed E-state index contributed by atoms with van der Waals surface area (Å²) in [4.78, 5) is 2.35. The molecule has 1 aromatic rings. The van der Waals surface area contributed by atoms with Crippen molar-refractivity contribution < 1.29 is 9.84 Å². The van der Waals surface area contributed by atoms with Gasteiger partial charge < -0.3 is 9.84 Å². The minimum atomic E-state index is -0.0220. The highest BCUT2D eigenvalue weighted by atomic mass is 16.5. The Hall–Kier alpha value is -0.900. The summed E-state index contributed by atoms with van der Waals surface area (Å²) in [6.45, 7) is 3.69. The molecule has 0 saturated carbocycles. The third-order valence-corrected chi connectivity index (χ3v) is 2.89. The zero-order chi connectivity index (χ0) is 11.2. The standard InChI is InChI=1S/C13H19NO2/c15-11-13-10-14(7-4-8-16-13)9-12-5-2-1-3-6-12/h1-3,5-6,13,15H,4,7-11H2/t13-/m1/s1. The molecule has 0 amide bonds. The highest BCUT2D eigenvalue weighted by molar-refractivity contribution is 5.14. The molecule has 0 unspecified atom stereocenters. The molecular formula is C13H19NO2. The van der Waals surface area contributed by atoms with Gasteiger partial charge in [-0.25, -0.2) is 0 Å². The number of rotatable bonds is 3. The maximum Gasteiger partial charge on any atom is 0.0932 e. The second-order valence-electron chi connectivity index (χ2n) is 4.25. The van der Waals surface area contributed by atoms with Gasteiger partial charge in [0.15, 0.2) is 0 Å². The van der Waals surface area contributed by atoms with Crippen LogP contribution in [0.1, 0.15) is 12.0 Å². The quantitative estimate of drug-likeness (QED) is 0.834. The van der Waals surface area contributed by atoms with Crippen molar-refractivity contribution in [2.75, 3.05) is 26.3 Å². The fraction of sp³-hybridized carbons (Fsp3) is 0.538. The van der Waals surface area contributed by atoms with Crippen molar-refractivity contribution in [2.45, 2.75) is 19.1 Å². The predicted octanol–water partition coefficient (Wildman–Crippen LogP) is 1.27. The van der Waals surface area contributed by atoms with E-state index in [9.17, 15) is 0 Å². The van der Waals surface area contributed by atoms with Gasteiger partial charge >= 0.3 is 0 Å². The molecular weight excluding hydrogens is 202 g/mol. The Kier molecular flexibility index (Phi) is 4.34. The van der Waals surface area contributed by atoms with Gasteiger partial charge in [-0.15, -0.1) is 0 Å². The molecule has 16 heavy (non-hydrogen) atoms. The first kappa shape index (κ1) is 11.6. The Balaban J connectivity index is 1.93. The summed E-state index contributed by atoms with van der Waals surface area (Å²) < 4.78 is 5.53. The second kappa shape index (κ2) is 5.99. The minimum absolute atomic E-state index is 0.0220. The number of hydrogen-bond donors (Lipinski definition) is 1. The van der Waals surface area contributed by atoms with Crippen LogP contribution in [0.5, 0.6) is 0 Å². The van der Waals surface area contributed by atoms with Gasteiger partial charge in [0.05, 0.1) is 12.7 Å². The molecule has 1 fully saturated rings. The molecule has 0 radical (unpaired) electrons. The molecule has 88 valence electrons. The number of hydrogen-bond acceptors (Lipinski definition) is 3. The first-order chi connectivity index (χ1) is 7.88. The fourth-order valence-corrected chi connectivity index (χ4v) is 2.07. The van der Waals surface area contributed by atoms with Crippen molar-refractivity contribution >= 4 is 0 Å². The van der Waals surface area contributed by atoms with Crippen LogP contribution >= 0.6 is 0 Å². The molecule has 1 aliphatic rings. The van der Waals surface area contributed by atoms with Gasteiger partial charge in [0.2, 0.25) is 0 Å². The van der Waals surface area contributed by atoms with E-state index in [1.165, 1.54) is 5.56 Å². The molecule has 0 bridgehead atoms. The Bertz CT molecular complexity index is 302. The fourth-order valence-electron chi connectivity index (χ4n) is 2.07. The lowest BCUT2D eigenvalue weighted by Crippen LogP contribution is -2.33. The van der Waals surface area contributed by atoms with Gasteiger partial charge in [-0.2, -0.15) is 0 Å². The summed E-state index contributed by atoms with van der Waals surface area (Å²) in [7, 11) is 0. The van der Waals surface area contributed by atoms with E-state index >= 15 is 0 Å². The van der Waals surface area contributed by atoms with Gasteiger partial charge in [-0.05, 0) is 12.0 Å². The van der Waals surface area contributed by atoms with Gasteiger partial charge in [0.25, 0.3) is 0 Å². The average molecular weight is 221 g/mol. The summed E-state index contributed by atoms with van der Waals surface area (Å²) in [5.74, 6) is 0. The van der Waals surface area contributed by atoms with Crippen LogP contribution in [0.15, 0.2) is 30.3 Å². The molecule has 1 N–H and O–H groups in total. The van der Waals surface area contributed by atoms with Gasteiger partial charge in [-0.1, -0.05) is 30.3 Å². The van der Waals surface area contributed by atoms with Crippen LogP contribution in [0, 0.1) is 0 Å². The first-order valence-electron chi connectivity index (χ1n) is 5.87. The Morgan fingerprint density at radius 1 is 1.31 bits per heavy atom. The largest absolute Gasteiger partial charge is 0.394 e. The molecule has 2 rings (SSSR count). The van der Waals surface area contributed by atoms with E-state index in [-0.39, 0.29) is 12.7 Å². The lowest BCUT2D eigenvalue weighted by Gasteiger charge is -2.22. The Labute approximate surface area is 96.6 Å². The van der Waals surface area contributed by atoms with E-state index in [2.05, 4.69) is 29.2 Å². The third-order valence-electron chi connectivity index (χ3n) is 2.89. The topological polar surface area (TPSA) is 32.7 Å². The second-order valence-corrected chi connectivity index (χ2v) is 4.25. The van der Waals surface area contributed by atoms with Crippen LogP contribution in [0.2, 0.25) is 0 Å². The predicted molar refractivity (Wildman–Crippen MR) is 63.2 cm³/mol. The van der Waals surface area contributed by atoms with E-state index in [4.69, 9.17) is 9.84 Å². The lowest BCUT2D eigenvalue weighted by atomic mass is 10.2. The van der Waals surface area contributed by atoms with Crippen LogP contribution in [0.25, 0.3) is 0 Å². The molecule has 0 aliphatic carbocycles. The van der Waals surface area contributed by atoms with Crippen LogP contribution < -0.4 is 0 Å². The van der Waals surface area contributed by atoms with Crippen LogP contribution in [-0.2, 0) is 11.3 Å². The minimum Gasteiger partial charge on any atom is -0.394 e. The monoisotopic (exact) mass is 221 g/mol. The van der Waals surface area contributed by atoms with Gasteiger partial charge in [0.1, 0.15) is 0 Å². The van der Waals surface area contributed by atoms with Crippen molar-refractivity contribution in [1.29, 1.82) is 0 Å². The summed E-state index contributed by atoms with van der Waals surface area (Å²) in [6.07, 6.45) is 1.02. The molecule has 1 atom stereocenters. The van der Waals surface area contributed by atoms with E-state index in [0.29, 0.717) is 0 Å². The van der Waals surface area contributed by atoms with E-state index in [1.807, 2.05) is 6.07 Å². The van der Waals surface area contributed by atoms with E-state index < -0.39 is 0 Å². The van der Waals surface area contributed by atoms with Crippen molar-refractivity contribution in [3.05, 3.63) is 35.9 Å². The van der Waals surface area contributed by atoms with E-state index in [0.717, 1.165) is 32.7 Å². The van der Waals surface area contributed by atoms with Gasteiger partial charge in [0, 0.05) is 26.2 Å². The molecule has 0 aromatic heterocycles. The number of aliphatic hydroxyl groups is 1. The molecule has 1 heterocycles. The van der Waals surface area contributed by atoms with Crippen molar-refractivity contribution in [2.24, 2.45) is 0 Å². The summed E-state index contributed by atoms with van der Waals surface area (Å²) >= 11 is 0. The normalized spacial score (nSPS) is 22.9. The average Bonchev–Trinajstić information content (AvgIpc) is 2.55. The number of aliphatic hydroxyl groups excluding tert-OH is 1. The lowest BCUT2D eigenvalue weighted by molar-refractivity contribution is 0.0129. The zero-order valence-electron chi connectivity index (χ0n) is 9.51. The highest BCUT2D eigenvalue weighted by Crippen LogP contribution is 2.10. The smallest absolute Gasteiger partial charge is 0.0932 e. The SMILES string of the molecule is OC[C@H]1CN(Cc2ccccc2)CCCO1. The van der Waals surface area contributed by atoms with E-state index in [1.54, 1.807) is 0 Å². The summed E-state index contributed by atoms with van der Waals surface area (Å²) in [5, 5.41) is 9.15. The highest BCUT2D eigenvalue weighted by Gasteiger charge is 2.17. The van der Waals surface area contributed by atoms with Crippen molar-refractivity contribution in [3.8, 4) is 0 Å². The number of nitrogens with zero attached hydrogens (tertiary/aromatic N) is 1. The number of benzene rings is 1. The Morgan fingerprint density at radius 3 is 2.88 bits per heavy atom. The van der Waals surface area contributed by atoms with Crippen molar-refractivity contribution in [1.82, 2.24) is 4.90 Å². The molecule has 1 aliphatic heterocycles. The molecule has 0 spiro atoms. The van der Waals surface area contributed by atoms with Gasteiger partial charge in [-0.3, -0.25) is 4.90 Å². The zero-order valence-corrected chi connectivity index (χ0v) is 9.51. The maximum atomic E-state index is 9.15. The van der Waals surface area contributed by atoms with Crippen LogP contribution in [0.4, 0.5) is 0 Å². The Morgan fingerprint density at radius 2 is 2.12 bits per heavy atom. The summed E-state index contributed by atoms with van der Waals surface area (Å²) in [5.41, 5.74) is 1.32. The first-order valence-corrected chi connectivity index (χ1v) is 5.87. The third kappa shape index (κ3) is 3.30. The summed E-state index contributed by atoms with van der Waals surface area (Å²) in [6, 6.07) is 10.4. The molecule has 3 heteroatoms. The maximum absolute atomic E-state index is 9.15. The number of ether oxygens (including phenoxy) is 1. The molecule has 3 nitrogen and oxygen atoms in total. The van der Waals surface area contributed by atoms with Crippen LogP contribution in [0.3, 0.4) is 0 Å². The van der Waals surface area contributed by atoms with Crippen LogP contribution in [-0.4, -0.2) is 42.4 Å². The molecule has 1 aromatic carbocycles. The molecule has 1 saturated heterocycles. The van der Waals surface area contributed by atoms with Crippen molar-refractivity contribution in [3.63, 3.8) is 0 Å².